The Morgan fingerprint density at radius 1 is 1.00 bits per heavy atom. The Bertz CT molecular complexity index is 534. The predicted octanol–water partition coefficient (Wildman–Crippen LogP) is 4.94. The molecular weight excluding hydrogens is 237 g/mol. The van der Waals surface area contributed by atoms with Gasteiger partial charge < -0.3 is 5.32 Å². The molecule has 19 heavy (non-hydrogen) atoms. The van der Waals surface area contributed by atoms with Crippen LogP contribution in [-0.2, 0) is 0 Å². The maximum atomic E-state index is 13.4. The van der Waals surface area contributed by atoms with E-state index in [-0.39, 0.29) is 11.9 Å². The van der Waals surface area contributed by atoms with Crippen molar-refractivity contribution < 1.29 is 4.39 Å². The predicted molar refractivity (Wildman–Crippen MR) is 78.8 cm³/mol. The fraction of sp³-hybridized carbons (Fsp3) is 0.294. The van der Waals surface area contributed by atoms with Gasteiger partial charge in [-0.2, -0.15) is 0 Å². The van der Waals surface area contributed by atoms with Crippen LogP contribution >= 0.6 is 0 Å². The van der Waals surface area contributed by atoms with Gasteiger partial charge in [-0.15, -0.1) is 0 Å². The largest absolute Gasteiger partial charge is 0.378 e. The highest BCUT2D eigenvalue weighted by atomic mass is 19.1. The van der Waals surface area contributed by atoms with Gasteiger partial charge in [-0.05, 0) is 36.1 Å². The molecule has 2 heteroatoms. The first-order valence-electron chi connectivity index (χ1n) is 6.65. The van der Waals surface area contributed by atoms with Gasteiger partial charge in [0.1, 0.15) is 5.82 Å². The number of aryl methyl sites for hydroxylation is 1. The average Bonchev–Trinajstić information content (AvgIpc) is 2.40. The van der Waals surface area contributed by atoms with Crippen molar-refractivity contribution in [2.45, 2.75) is 26.8 Å². The third-order valence-electron chi connectivity index (χ3n) is 3.34. The summed E-state index contributed by atoms with van der Waals surface area (Å²) in [5.74, 6) is 0.216. The van der Waals surface area contributed by atoms with Gasteiger partial charge in [-0.25, -0.2) is 4.39 Å². The lowest BCUT2D eigenvalue weighted by molar-refractivity contribution is 0.545. The van der Waals surface area contributed by atoms with Gasteiger partial charge in [0.05, 0.1) is 6.04 Å². The summed E-state index contributed by atoms with van der Waals surface area (Å²) in [4.78, 5) is 0. The van der Waals surface area contributed by atoms with Gasteiger partial charge in [0.25, 0.3) is 0 Å². The van der Waals surface area contributed by atoms with E-state index in [1.807, 2.05) is 25.1 Å². The Labute approximate surface area is 114 Å². The van der Waals surface area contributed by atoms with Crippen LogP contribution in [0.2, 0.25) is 0 Å². The molecule has 1 atom stereocenters. The highest BCUT2D eigenvalue weighted by Gasteiger charge is 2.16. The second kappa shape index (κ2) is 5.87. The standard InChI is InChI=1S/C17H20FN/c1-12(2)17(14-7-5-4-6-8-14)19-16-11-15(18)10-9-13(16)3/h4-12,17,19H,1-3H3. The third-order valence-corrected chi connectivity index (χ3v) is 3.34. The smallest absolute Gasteiger partial charge is 0.125 e. The van der Waals surface area contributed by atoms with E-state index in [4.69, 9.17) is 0 Å². The minimum Gasteiger partial charge on any atom is -0.378 e. The Hall–Kier alpha value is -1.83. The van der Waals surface area contributed by atoms with Crippen LogP contribution in [-0.4, -0.2) is 0 Å². The lowest BCUT2D eigenvalue weighted by Gasteiger charge is -2.25. The molecule has 0 aromatic heterocycles. The van der Waals surface area contributed by atoms with Crippen molar-refractivity contribution in [3.8, 4) is 0 Å². The van der Waals surface area contributed by atoms with Gasteiger partial charge in [0.2, 0.25) is 0 Å². The molecule has 0 aliphatic carbocycles. The highest BCUT2D eigenvalue weighted by molar-refractivity contribution is 5.52. The third kappa shape index (κ3) is 3.34. The minimum absolute atomic E-state index is 0.182. The number of hydrogen-bond acceptors (Lipinski definition) is 1. The van der Waals surface area contributed by atoms with Crippen LogP contribution in [0, 0.1) is 18.7 Å². The van der Waals surface area contributed by atoms with Crippen molar-refractivity contribution in [1.82, 2.24) is 0 Å². The summed E-state index contributed by atoms with van der Waals surface area (Å²) in [7, 11) is 0. The summed E-state index contributed by atoms with van der Waals surface area (Å²) < 4.78 is 13.4. The molecule has 0 aliphatic rings. The molecule has 0 saturated heterocycles. The summed E-state index contributed by atoms with van der Waals surface area (Å²) in [6.45, 7) is 6.32. The van der Waals surface area contributed by atoms with E-state index in [0.29, 0.717) is 5.92 Å². The summed E-state index contributed by atoms with van der Waals surface area (Å²) in [6, 6.07) is 15.3. The average molecular weight is 257 g/mol. The van der Waals surface area contributed by atoms with Crippen molar-refractivity contribution >= 4 is 5.69 Å². The number of hydrogen-bond donors (Lipinski definition) is 1. The van der Waals surface area contributed by atoms with Crippen LogP contribution in [0.15, 0.2) is 48.5 Å². The second-order valence-electron chi connectivity index (χ2n) is 5.24. The van der Waals surface area contributed by atoms with Crippen LogP contribution in [0.3, 0.4) is 0 Å². The van der Waals surface area contributed by atoms with E-state index in [0.717, 1.165) is 11.3 Å². The molecule has 0 saturated carbocycles. The molecule has 0 aliphatic heterocycles. The fourth-order valence-electron chi connectivity index (χ4n) is 2.21. The molecule has 2 aromatic rings. The van der Waals surface area contributed by atoms with E-state index >= 15 is 0 Å². The van der Waals surface area contributed by atoms with Crippen molar-refractivity contribution in [2.24, 2.45) is 5.92 Å². The van der Waals surface area contributed by atoms with Crippen molar-refractivity contribution in [1.29, 1.82) is 0 Å². The number of anilines is 1. The summed E-state index contributed by atoms with van der Waals surface area (Å²) in [5, 5.41) is 3.46. The number of nitrogens with one attached hydrogen (secondary N) is 1. The first-order valence-corrected chi connectivity index (χ1v) is 6.65. The molecule has 1 unspecified atom stereocenters. The quantitative estimate of drug-likeness (QED) is 0.817. The van der Waals surface area contributed by atoms with Gasteiger partial charge in [-0.3, -0.25) is 0 Å². The molecule has 2 aromatic carbocycles. The minimum atomic E-state index is -0.205. The lowest BCUT2D eigenvalue weighted by Crippen LogP contribution is -2.17. The molecule has 0 fully saturated rings. The molecule has 0 spiro atoms. The molecule has 1 N–H and O–H groups in total. The first-order chi connectivity index (χ1) is 9.08. The summed E-state index contributed by atoms with van der Waals surface area (Å²) in [6.07, 6.45) is 0. The number of benzene rings is 2. The van der Waals surface area contributed by atoms with E-state index in [9.17, 15) is 4.39 Å². The maximum absolute atomic E-state index is 13.4. The fourth-order valence-corrected chi connectivity index (χ4v) is 2.21. The molecular formula is C17H20FN. The van der Waals surface area contributed by atoms with E-state index in [2.05, 4.69) is 31.3 Å². The van der Waals surface area contributed by atoms with Crippen LogP contribution in [0.25, 0.3) is 0 Å². The molecule has 100 valence electrons. The van der Waals surface area contributed by atoms with E-state index in [1.54, 1.807) is 12.1 Å². The molecule has 0 amide bonds. The first kappa shape index (κ1) is 13.6. The lowest BCUT2D eigenvalue weighted by atomic mass is 9.95. The van der Waals surface area contributed by atoms with Crippen LogP contribution in [0.1, 0.15) is 31.0 Å². The Balaban J connectivity index is 2.29. The maximum Gasteiger partial charge on any atom is 0.125 e. The molecule has 2 rings (SSSR count). The van der Waals surface area contributed by atoms with E-state index in [1.165, 1.54) is 11.6 Å². The van der Waals surface area contributed by atoms with Gasteiger partial charge in [-0.1, -0.05) is 50.2 Å². The van der Waals surface area contributed by atoms with Crippen molar-refractivity contribution in [3.63, 3.8) is 0 Å². The van der Waals surface area contributed by atoms with Gasteiger partial charge >= 0.3 is 0 Å². The molecule has 0 heterocycles. The molecule has 0 bridgehead atoms. The summed E-state index contributed by atoms with van der Waals surface area (Å²) in [5.41, 5.74) is 3.15. The Kier molecular flexibility index (Phi) is 4.20. The zero-order valence-electron chi connectivity index (χ0n) is 11.7. The second-order valence-corrected chi connectivity index (χ2v) is 5.24. The molecule has 1 nitrogen and oxygen atoms in total. The van der Waals surface area contributed by atoms with Crippen molar-refractivity contribution in [3.05, 3.63) is 65.5 Å². The van der Waals surface area contributed by atoms with E-state index < -0.39 is 0 Å². The topological polar surface area (TPSA) is 12.0 Å². The van der Waals surface area contributed by atoms with Crippen LogP contribution < -0.4 is 5.32 Å². The number of halogens is 1. The highest BCUT2D eigenvalue weighted by Crippen LogP contribution is 2.28. The number of rotatable bonds is 4. The normalized spacial score (nSPS) is 12.5. The Morgan fingerprint density at radius 3 is 2.32 bits per heavy atom. The van der Waals surface area contributed by atoms with Crippen LogP contribution in [0.5, 0.6) is 0 Å². The Morgan fingerprint density at radius 2 is 1.68 bits per heavy atom. The van der Waals surface area contributed by atoms with Crippen LogP contribution in [0.4, 0.5) is 10.1 Å². The zero-order valence-corrected chi connectivity index (χ0v) is 11.7. The van der Waals surface area contributed by atoms with Gasteiger partial charge in [0.15, 0.2) is 0 Å². The molecule has 0 radical (unpaired) electrons. The van der Waals surface area contributed by atoms with Crippen molar-refractivity contribution in [2.75, 3.05) is 5.32 Å². The monoisotopic (exact) mass is 257 g/mol. The SMILES string of the molecule is Cc1ccc(F)cc1NC(c1ccccc1)C(C)C. The van der Waals surface area contributed by atoms with Gasteiger partial charge in [0, 0.05) is 5.69 Å². The zero-order chi connectivity index (χ0) is 13.8. The summed E-state index contributed by atoms with van der Waals surface area (Å²) >= 11 is 0.